The molecule has 23 heavy (non-hydrogen) atoms. The fraction of sp³-hybridized carbons (Fsp3) is 0.600. The van der Waals surface area contributed by atoms with Crippen LogP contribution in [0.2, 0.25) is 0 Å². The van der Waals surface area contributed by atoms with E-state index >= 15 is 0 Å². The number of pyridine rings is 1. The molecule has 2 atom stereocenters. The average molecular weight is 331 g/mol. The van der Waals surface area contributed by atoms with Crippen molar-refractivity contribution in [3.63, 3.8) is 0 Å². The molecule has 2 rings (SSSR count). The number of rotatable bonds is 3. The summed E-state index contributed by atoms with van der Waals surface area (Å²) in [4.78, 5) is 27.8. The van der Waals surface area contributed by atoms with E-state index in [1.807, 2.05) is 25.9 Å². The molecule has 0 radical (unpaired) electrons. The van der Waals surface area contributed by atoms with Gasteiger partial charge in [0.25, 0.3) is 5.56 Å². The number of alkyl halides is 3. The van der Waals surface area contributed by atoms with Crippen molar-refractivity contribution in [1.29, 1.82) is 0 Å². The summed E-state index contributed by atoms with van der Waals surface area (Å²) in [5.41, 5.74) is -2.45. The Morgan fingerprint density at radius 1 is 1.35 bits per heavy atom. The predicted molar refractivity (Wildman–Crippen MR) is 78.9 cm³/mol. The number of carbonyl (C=O) groups excluding carboxylic acids is 1. The lowest BCUT2D eigenvalue weighted by atomic mass is 10.1. The Morgan fingerprint density at radius 2 is 2.00 bits per heavy atom. The normalized spacial score (nSPS) is 22.0. The molecule has 1 amide bonds. The summed E-state index contributed by atoms with van der Waals surface area (Å²) in [6, 6.07) is 2.06. The first-order valence-electron chi connectivity index (χ1n) is 7.32. The van der Waals surface area contributed by atoms with Crippen LogP contribution in [0.25, 0.3) is 0 Å². The van der Waals surface area contributed by atoms with Crippen LogP contribution >= 0.6 is 0 Å². The standard InChI is InChI=1S/C15H20F3N3O2/c1-10-7-21(8-12(10)19(2)3)13(22)9-20-6-4-5-11(14(20)23)15(16,17)18/h4-6,10,12H,7-9H2,1-3H3/t10-,12-/m1/s1. The van der Waals surface area contributed by atoms with Gasteiger partial charge in [0.2, 0.25) is 5.91 Å². The first-order chi connectivity index (χ1) is 10.6. The molecule has 0 aromatic carbocycles. The molecule has 0 N–H and O–H groups in total. The van der Waals surface area contributed by atoms with Gasteiger partial charge in [-0.3, -0.25) is 9.59 Å². The Balaban J connectivity index is 2.15. The van der Waals surface area contributed by atoms with Gasteiger partial charge in [0.1, 0.15) is 12.1 Å². The quantitative estimate of drug-likeness (QED) is 0.838. The molecule has 8 heteroatoms. The summed E-state index contributed by atoms with van der Waals surface area (Å²) in [7, 11) is 3.85. The van der Waals surface area contributed by atoms with Crippen molar-refractivity contribution >= 4 is 5.91 Å². The zero-order valence-corrected chi connectivity index (χ0v) is 13.3. The number of halogens is 3. The molecule has 128 valence electrons. The maximum Gasteiger partial charge on any atom is 0.421 e. The zero-order valence-electron chi connectivity index (χ0n) is 13.3. The average Bonchev–Trinajstić information content (AvgIpc) is 2.82. The van der Waals surface area contributed by atoms with Gasteiger partial charge < -0.3 is 14.4 Å². The van der Waals surface area contributed by atoms with Crippen molar-refractivity contribution in [3.8, 4) is 0 Å². The summed E-state index contributed by atoms with van der Waals surface area (Å²) in [5, 5.41) is 0. The van der Waals surface area contributed by atoms with Crippen LogP contribution in [-0.4, -0.2) is 53.5 Å². The number of hydrogen-bond acceptors (Lipinski definition) is 3. The maximum absolute atomic E-state index is 12.7. The van der Waals surface area contributed by atoms with E-state index in [0.29, 0.717) is 13.1 Å². The van der Waals surface area contributed by atoms with Gasteiger partial charge in [-0.25, -0.2) is 0 Å². The third kappa shape index (κ3) is 3.74. The molecule has 1 saturated heterocycles. The summed E-state index contributed by atoms with van der Waals surface area (Å²) < 4.78 is 39.1. The summed E-state index contributed by atoms with van der Waals surface area (Å²) >= 11 is 0. The van der Waals surface area contributed by atoms with Gasteiger partial charge in [-0.2, -0.15) is 13.2 Å². The minimum absolute atomic E-state index is 0.206. The first-order valence-corrected chi connectivity index (χ1v) is 7.32. The van der Waals surface area contributed by atoms with Crippen LogP contribution in [0.4, 0.5) is 13.2 Å². The third-order valence-electron chi connectivity index (χ3n) is 4.22. The molecular weight excluding hydrogens is 311 g/mol. The molecule has 1 fully saturated rings. The van der Waals surface area contributed by atoms with Crippen molar-refractivity contribution in [2.24, 2.45) is 5.92 Å². The predicted octanol–water partition coefficient (Wildman–Crippen LogP) is 1.28. The van der Waals surface area contributed by atoms with Gasteiger partial charge in [0.15, 0.2) is 0 Å². The van der Waals surface area contributed by atoms with Gasteiger partial charge in [-0.15, -0.1) is 0 Å². The molecular formula is C15H20F3N3O2. The molecule has 1 aliphatic heterocycles. The lowest BCUT2D eigenvalue weighted by Crippen LogP contribution is -2.38. The maximum atomic E-state index is 12.7. The summed E-state index contributed by atoms with van der Waals surface area (Å²) in [6.07, 6.45) is -3.51. The smallest absolute Gasteiger partial charge is 0.339 e. The fourth-order valence-electron chi connectivity index (χ4n) is 2.95. The van der Waals surface area contributed by atoms with E-state index in [9.17, 15) is 22.8 Å². The van der Waals surface area contributed by atoms with Crippen LogP contribution in [-0.2, 0) is 17.5 Å². The first kappa shape index (κ1) is 17.5. The van der Waals surface area contributed by atoms with Crippen molar-refractivity contribution in [2.45, 2.75) is 25.7 Å². The second-order valence-corrected chi connectivity index (χ2v) is 6.16. The van der Waals surface area contributed by atoms with Crippen molar-refractivity contribution in [1.82, 2.24) is 14.4 Å². The van der Waals surface area contributed by atoms with Gasteiger partial charge >= 0.3 is 6.18 Å². The molecule has 1 aliphatic rings. The number of amides is 1. The van der Waals surface area contributed by atoms with Gasteiger partial charge in [0, 0.05) is 25.3 Å². The molecule has 0 bridgehead atoms. The van der Waals surface area contributed by atoms with E-state index in [0.717, 1.165) is 16.7 Å². The second kappa shape index (κ2) is 6.35. The lowest BCUT2D eigenvalue weighted by molar-refractivity contribution is -0.139. The van der Waals surface area contributed by atoms with Crippen LogP contribution in [0.1, 0.15) is 12.5 Å². The Morgan fingerprint density at radius 3 is 2.52 bits per heavy atom. The highest BCUT2D eigenvalue weighted by Gasteiger charge is 2.36. The molecule has 0 aliphatic carbocycles. The van der Waals surface area contributed by atoms with E-state index < -0.39 is 17.3 Å². The van der Waals surface area contributed by atoms with Crippen molar-refractivity contribution in [3.05, 3.63) is 34.2 Å². The lowest BCUT2D eigenvalue weighted by Gasteiger charge is -2.22. The number of likely N-dealkylation sites (N-methyl/N-ethyl adjacent to an activating group) is 1. The molecule has 1 aromatic rings. The molecule has 0 spiro atoms. The van der Waals surface area contributed by atoms with Crippen molar-refractivity contribution in [2.75, 3.05) is 27.2 Å². The van der Waals surface area contributed by atoms with E-state index in [-0.39, 0.29) is 24.4 Å². The minimum atomic E-state index is -4.72. The minimum Gasteiger partial charge on any atom is -0.339 e. The molecule has 0 unspecified atom stereocenters. The number of carbonyl (C=O) groups is 1. The van der Waals surface area contributed by atoms with E-state index in [1.54, 1.807) is 4.90 Å². The number of likely N-dealkylation sites (tertiary alicyclic amines) is 1. The Bertz CT molecular complexity index is 640. The third-order valence-corrected chi connectivity index (χ3v) is 4.22. The van der Waals surface area contributed by atoms with Gasteiger partial charge in [-0.05, 0) is 32.1 Å². The fourth-order valence-corrected chi connectivity index (χ4v) is 2.95. The van der Waals surface area contributed by atoms with Crippen LogP contribution in [0.3, 0.4) is 0 Å². The largest absolute Gasteiger partial charge is 0.421 e. The van der Waals surface area contributed by atoms with E-state index in [1.165, 1.54) is 6.20 Å². The molecule has 2 heterocycles. The van der Waals surface area contributed by atoms with Crippen LogP contribution in [0.5, 0.6) is 0 Å². The second-order valence-electron chi connectivity index (χ2n) is 6.16. The molecule has 5 nitrogen and oxygen atoms in total. The zero-order chi connectivity index (χ0) is 17.4. The van der Waals surface area contributed by atoms with Gasteiger partial charge in [-0.1, -0.05) is 6.92 Å². The van der Waals surface area contributed by atoms with Crippen molar-refractivity contribution < 1.29 is 18.0 Å². The highest BCUT2D eigenvalue weighted by atomic mass is 19.4. The summed E-state index contributed by atoms with van der Waals surface area (Å²) in [6.45, 7) is 2.69. The highest BCUT2D eigenvalue weighted by molar-refractivity contribution is 5.76. The molecule has 1 aromatic heterocycles. The highest BCUT2D eigenvalue weighted by Crippen LogP contribution is 2.26. The number of aromatic nitrogens is 1. The van der Waals surface area contributed by atoms with Gasteiger partial charge in [0.05, 0.1) is 0 Å². The van der Waals surface area contributed by atoms with Crippen LogP contribution < -0.4 is 5.56 Å². The Hall–Kier alpha value is -1.83. The SMILES string of the molecule is C[C@@H]1CN(C(=O)Cn2cccc(C(F)(F)F)c2=O)C[C@H]1N(C)C. The van der Waals surface area contributed by atoms with Crippen LogP contribution in [0.15, 0.2) is 23.1 Å². The Labute approximate surface area is 132 Å². The van der Waals surface area contributed by atoms with Crippen LogP contribution in [0, 0.1) is 5.92 Å². The number of hydrogen-bond donors (Lipinski definition) is 0. The van der Waals surface area contributed by atoms with E-state index in [4.69, 9.17) is 0 Å². The molecule has 0 saturated carbocycles. The Kier molecular flexibility index (Phi) is 4.84. The topological polar surface area (TPSA) is 45.6 Å². The monoisotopic (exact) mass is 331 g/mol. The van der Waals surface area contributed by atoms with E-state index in [2.05, 4.69) is 0 Å². The summed E-state index contributed by atoms with van der Waals surface area (Å²) in [5.74, 6) is -0.0743. The number of nitrogens with zero attached hydrogens (tertiary/aromatic N) is 3.